The normalized spacial score (nSPS) is 24.6. The maximum absolute atomic E-state index is 12.0. The predicted octanol–water partition coefficient (Wildman–Crippen LogP) is 2.80. The van der Waals surface area contributed by atoms with Crippen LogP contribution in [-0.2, 0) is 22.4 Å². The second kappa shape index (κ2) is 4.89. The van der Waals surface area contributed by atoms with Crippen LogP contribution in [0, 0.1) is 5.92 Å². The summed E-state index contributed by atoms with van der Waals surface area (Å²) in [5, 5.41) is 0. The van der Waals surface area contributed by atoms with Crippen LogP contribution in [0.2, 0.25) is 0 Å². The largest absolute Gasteiger partial charge is 0.269 e. The molecule has 3 nitrogen and oxygen atoms in total. The maximum Gasteiger partial charge on any atom is 0.254 e. The van der Waals surface area contributed by atoms with Crippen molar-refractivity contribution < 1.29 is 9.59 Å². The lowest BCUT2D eigenvalue weighted by Gasteiger charge is -2.28. The summed E-state index contributed by atoms with van der Waals surface area (Å²) in [5.74, 6) is -0.00750. The van der Waals surface area contributed by atoms with Crippen molar-refractivity contribution in [2.45, 2.75) is 39.2 Å². The Labute approximate surface area is 119 Å². The number of amides is 2. The molecule has 20 heavy (non-hydrogen) atoms. The van der Waals surface area contributed by atoms with Gasteiger partial charge in [0, 0.05) is 12.2 Å². The Balaban J connectivity index is 2.07. The predicted molar refractivity (Wildman–Crippen MR) is 77.0 cm³/mol. The van der Waals surface area contributed by atoms with E-state index in [1.807, 2.05) is 6.07 Å². The van der Waals surface area contributed by atoms with Crippen molar-refractivity contribution in [3.63, 3.8) is 0 Å². The third-order valence-electron chi connectivity index (χ3n) is 4.57. The number of carbonyl (C=O) groups excluding carboxylic acids is 2. The molecule has 2 atom stereocenters. The molecular weight excluding hydrogens is 250 g/mol. The zero-order valence-electron chi connectivity index (χ0n) is 11.9. The van der Waals surface area contributed by atoms with Crippen LogP contribution < -0.4 is 0 Å². The van der Waals surface area contributed by atoms with Crippen molar-refractivity contribution in [2.75, 3.05) is 0 Å². The fourth-order valence-electron chi connectivity index (χ4n) is 3.54. The van der Waals surface area contributed by atoms with Crippen LogP contribution in [-0.4, -0.2) is 16.7 Å². The van der Waals surface area contributed by atoms with Crippen LogP contribution in [0.5, 0.6) is 0 Å². The summed E-state index contributed by atoms with van der Waals surface area (Å²) in [6, 6.07) is 6.19. The van der Waals surface area contributed by atoms with E-state index in [1.54, 1.807) is 0 Å². The van der Waals surface area contributed by atoms with Crippen LogP contribution >= 0.6 is 0 Å². The van der Waals surface area contributed by atoms with Crippen molar-refractivity contribution in [1.29, 1.82) is 0 Å². The zero-order chi connectivity index (χ0) is 14.3. The van der Waals surface area contributed by atoms with Crippen molar-refractivity contribution >= 4 is 11.8 Å². The molecule has 3 heteroatoms. The van der Waals surface area contributed by atoms with Crippen molar-refractivity contribution in [3.05, 3.63) is 47.0 Å². The van der Waals surface area contributed by atoms with Gasteiger partial charge >= 0.3 is 0 Å². The average molecular weight is 269 g/mol. The van der Waals surface area contributed by atoms with Crippen molar-refractivity contribution in [2.24, 2.45) is 5.92 Å². The fourth-order valence-corrected chi connectivity index (χ4v) is 3.54. The number of aryl methyl sites for hydroxylation is 1. The molecule has 2 aliphatic rings. The second-order valence-corrected chi connectivity index (χ2v) is 5.54. The lowest BCUT2D eigenvalue weighted by atomic mass is 9.96. The van der Waals surface area contributed by atoms with Gasteiger partial charge in [0.25, 0.3) is 11.8 Å². The Bertz CT molecular complexity index is 585. The zero-order valence-corrected chi connectivity index (χ0v) is 11.9. The van der Waals surface area contributed by atoms with E-state index in [4.69, 9.17) is 0 Å². The first-order valence-electron chi connectivity index (χ1n) is 7.33. The molecule has 1 aliphatic carbocycles. The van der Waals surface area contributed by atoms with Gasteiger partial charge in [-0.1, -0.05) is 38.5 Å². The van der Waals surface area contributed by atoms with Gasteiger partial charge in [-0.2, -0.15) is 0 Å². The number of rotatable bonds is 3. The highest BCUT2D eigenvalue weighted by Crippen LogP contribution is 2.44. The third-order valence-corrected chi connectivity index (χ3v) is 4.57. The molecule has 0 N–H and O–H groups in total. The minimum absolute atomic E-state index is 0.0866. The summed E-state index contributed by atoms with van der Waals surface area (Å²) in [6.07, 6.45) is 5.71. The molecule has 3 rings (SSSR count). The van der Waals surface area contributed by atoms with E-state index in [0.717, 1.165) is 19.3 Å². The first-order chi connectivity index (χ1) is 9.67. The summed E-state index contributed by atoms with van der Waals surface area (Å²) >= 11 is 0. The monoisotopic (exact) mass is 269 g/mol. The number of carbonyl (C=O) groups is 2. The molecule has 0 fully saturated rings. The lowest BCUT2D eigenvalue weighted by Crippen LogP contribution is -2.36. The molecule has 104 valence electrons. The average Bonchev–Trinajstić information content (AvgIpc) is 2.98. The third kappa shape index (κ3) is 1.80. The van der Waals surface area contributed by atoms with Gasteiger partial charge in [-0.15, -0.1) is 0 Å². The van der Waals surface area contributed by atoms with Crippen LogP contribution in [0.25, 0.3) is 0 Å². The molecule has 1 aromatic rings. The topological polar surface area (TPSA) is 37.4 Å². The number of fused-ring (bicyclic) bond motifs is 1. The van der Waals surface area contributed by atoms with E-state index >= 15 is 0 Å². The molecule has 0 saturated heterocycles. The molecule has 0 saturated carbocycles. The van der Waals surface area contributed by atoms with E-state index in [9.17, 15) is 9.59 Å². The van der Waals surface area contributed by atoms with Gasteiger partial charge in [-0.05, 0) is 35.4 Å². The van der Waals surface area contributed by atoms with Gasteiger partial charge in [-0.25, -0.2) is 0 Å². The number of nitrogens with zero attached hydrogens (tertiary/aromatic N) is 1. The molecular formula is C17H19NO2. The highest BCUT2D eigenvalue weighted by molar-refractivity contribution is 6.13. The van der Waals surface area contributed by atoms with Gasteiger partial charge in [0.05, 0.1) is 6.04 Å². The van der Waals surface area contributed by atoms with Crippen LogP contribution in [0.15, 0.2) is 30.4 Å². The van der Waals surface area contributed by atoms with Crippen molar-refractivity contribution in [1.82, 2.24) is 4.90 Å². The molecule has 1 aliphatic heterocycles. The van der Waals surface area contributed by atoms with E-state index in [-0.39, 0.29) is 17.9 Å². The minimum atomic E-state index is -0.173. The standard InChI is InChI=1S/C17H19NO2/c1-3-11-6-5-7-13-14(11)10-12(4-2)17(13)18-15(19)8-9-16(18)20/h5-9,12,17H,3-4,10H2,1-2H3/t12-,17-/m0/s1. The number of benzene rings is 1. The van der Waals surface area contributed by atoms with Gasteiger partial charge in [0.15, 0.2) is 0 Å². The Morgan fingerprint density at radius 3 is 2.45 bits per heavy atom. The van der Waals surface area contributed by atoms with Crippen molar-refractivity contribution in [3.8, 4) is 0 Å². The SMILES string of the molecule is CCc1cccc2c1C[C@H](CC)[C@@H]2N1C(=O)C=CC1=O. The highest BCUT2D eigenvalue weighted by atomic mass is 16.2. The first kappa shape index (κ1) is 13.1. The van der Waals surface area contributed by atoms with E-state index < -0.39 is 0 Å². The van der Waals surface area contributed by atoms with E-state index in [2.05, 4.69) is 26.0 Å². The Kier molecular flexibility index (Phi) is 3.20. The van der Waals surface area contributed by atoms with Crippen LogP contribution in [0.1, 0.15) is 43.0 Å². The van der Waals surface area contributed by atoms with Gasteiger partial charge < -0.3 is 0 Å². The smallest absolute Gasteiger partial charge is 0.254 e. The quantitative estimate of drug-likeness (QED) is 0.791. The summed E-state index contributed by atoms with van der Waals surface area (Å²) in [4.78, 5) is 25.5. The molecule has 1 aromatic carbocycles. The maximum atomic E-state index is 12.0. The summed E-state index contributed by atoms with van der Waals surface area (Å²) in [5.41, 5.74) is 3.86. The first-order valence-corrected chi connectivity index (χ1v) is 7.33. The number of imide groups is 1. The molecule has 0 bridgehead atoms. The Hall–Kier alpha value is -1.90. The molecule has 0 unspecified atom stereocenters. The molecule has 0 spiro atoms. The van der Waals surface area contributed by atoms with Gasteiger partial charge in [0.2, 0.25) is 0 Å². The Morgan fingerprint density at radius 2 is 1.85 bits per heavy atom. The molecule has 0 aromatic heterocycles. The summed E-state index contributed by atoms with van der Waals surface area (Å²) in [6.45, 7) is 4.28. The molecule has 1 heterocycles. The summed E-state index contributed by atoms with van der Waals surface area (Å²) < 4.78 is 0. The van der Waals surface area contributed by atoms with E-state index in [1.165, 1.54) is 33.7 Å². The second-order valence-electron chi connectivity index (χ2n) is 5.54. The minimum Gasteiger partial charge on any atom is -0.269 e. The molecule has 2 amide bonds. The fraction of sp³-hybridized carbons (Fsp3) is 0.412. The molecule has 0 radical (unpaired) electrons. The Morgan fingerprint density at radius 1 is 1.15 bits per heavy atom. The van der Waals surface area contributed by atoms with E-state index in [0.29, 0.717) is 5.92 Å². The van der Waals surface area contributed by atoms with Crippen LogP contribution in [0.4, 0.5) is 0 Å². The van der Waals surface area contributed by atoms with Crippen LogP contribution in [0.3, 0.4) is 0 Å². The number of hydrogen-bond donors (Lipinski definition) is 0. The lowest BCUT2D eigenvalue weighted by molar-refractivity contribution is -0.140. The number of hydrogen-bond acceptors (Lipinski definition) is 2. The van der Waals surface area contributed by atoms with Gasteiger partial charge in [0.1, 0.15) is 0 Å². The summed E-state index contributed by atoms with van der Waals surface area (Å²) in [7, 11) is 0. The highest BCUT2D eigenvalue weighted by Gasteiger charge is 2.41. The van der Waals surface area contributed by atoms with Gasteiger partial charge in [-0.3, -0.25) is 14.5 Å².